The molecule has 1 fully saturated rings. The van der Waals surface area contributed by atoms with Crippen LogP contribution < -0.4 is 5.32 Å². The Morgan fingerprint density at radius 3 is 2.50 bits per heavy atom. The summed E-state index contributed by atoms with van der Waals surface area (Å²) in [5, 5.41) is 11.8. The highest BCUT2D eigenvalue weighted by Gasteiger charge is 2.30. The van der Waals surface area contributed by atoms with Gasteiger partial charge in [-0.3, -0.25) is 0 Å². The van der Waals surface area contributed by atoms with Crippen LogP contribution in [0.3, 0.4) is 0 Å². The van der Waals surface area contributed by atoms with Gasteiger partial charge >= 0.3 is 12.0 Å². The Morgan fingerprint density at radius 2 is 2.00 bits per heavy atom. The number of amides is 2. The zero-order valence-electron chi connectivity index (χ0n) is 12.9. The molecule has 1 rings (SSSR count). The number of rotatable bonds is 4. The predicted molar refractivity (Wildman–Crippen MR) is 77.7 cm³/mol. The molecule has 0 aromatic carbocycles. The van der Waals surface area contributed by atoms with E-state index in [1.807, 2.05) is 0 Å². The zero-order chi connectivity index (χ0) is 15.3. The molecule has 116 valence electrons. The summed E-state index contributed by atoms with van der Waals surface area (Å²) in [6.45, 7) is 8.13. The average Bonchev–Trinajstić information content (AvgIpc) is 2.56. The molecule has 0 spiro atoms. The van der Waals surface area contributed by atoms with Crippen molar-refractivity contribution < 1.29 is 14.7 Å². The molecule has 1 heterocycles. The standard InChI is InChI=1S/C14H27N3O3/c1-5-11-9-16(4)7-6-8-17(11)14(20)15-12(10(2)3)13(18)19/h10-12H,5-9H2,1-4H3,(H,15,20)(H,18,19). The summed E-state index contributed by atoms with van der Waals surface area (Å²) in [6, 6.07) is -0.946. The smallest absolute Gasteiger partial charge is 0.326 e. The van der Waals surface area contributed by atoms with Crippen molar-refractivity contribution in [3.8, 4) is 0 Å². The number of carbonyl (C=O) groups excluding carboxylic acids is 1. The maximum atomic E-state index is 12.4. The highest BCUT2D eigenvalue weighted by molar-refractivity contribution is 5.83. The Balaban J connectivity index is 2.75. The largest absolute Gasteiger partial charge is 0.480 e. The minimum atomic E-state index is -0.978. The summed E-state index contributed by atoms with van der Waals surface area (Å²) in [4.78, 5) is 27.6. The average molecular weight is 285 g/mol. The first-order chi connectivity index (χ1) is 9.36. The van der Waals surface area contributed by atoms with E-state index in [-0.39, 0.29) is 18.0 Å². The molecule has 2 N–H and O–H groups in total. The highest BCUT2D eigenvalue weighted by atomic mass is 16.4. The highest BCUT2D eigenvalue weighted by Crippen LogP contribution is 2.13. The van der Waals surface area contributed by atoms with Crippen molar-refractivity contribution in [2.45, 2.75) is 45.7 Å². The number of nitrogens with zero attached hydrogens (tertiary/aromatic N) is 2. The molecule has 0 saturated carbocycles. The van der Waals surface area contributed by atoms with Gasteiger partial charge in [0, 0.05) is 19.1 Å². The fourth-order valence-electron chi connectivity index (χ4n) is 2.59. The molecule has 0 radical (unpaired) electrons. The van der Waals surface area contributed by atoms with Gasteiger partial charge in [0.2, 0.25) is 0 Å². The molecule has 2 amide bonds. The normalized spacial score (nSPS) is 22.4. The van der Waals surface area contributed by atoms with Crippen LogP contribution in [0, 0.1) is 5.92 Å². The molecule has 1 aliphatic rings. The van der Waals surface area contributed by atoms with Gasteiger partial charge in [-0.25, -0.2) is 9.59 Å². The van der Waals surface area contributed by atoms with Gasteiger partial charge in [-0.05, 0) is 32.4 Å². The van der Waals surface area contributed by atoms with Crippen LogP contribution in [-0.4, -0.2) is 65.7 Å². The molecule has 0 bridgehead atoms. The summed E-state index contributed by atoms with van der Waals surface area (Å²) in [5.41, 5.74) is 0. The summed E-state index contributed by atoms with van der Waals surface area (Å²) in [6.07, 6.45) is 1.79. The van der Waals surface area contributed by atoms with Gasteiger partial charge in [0.25, 0.3) is 0 Å². The second kappa shape index (κ2) is 7.47. The fraction of sp³-hybridized carbons (Fsp3) is 0.857. The Kier molecular flexibility index (Phi) is 6.26. The van der Waals surface area contributed by atoms with Crippen LogP contribution in [0.15, 0.2) is 0 Å². The molecular weight excluding hydrogens is 258 g/mol. The SMILES string of the molecule is CCC1CN(C)CCCN1C(=O)NC(C(=O)O)C(C)C. The lowest BCUT2D eigenvalue weighted by atomic mass is 10.1. The van der Waals surface area contributed by atoms with Gasteiger partial charge in [-0.1, -0.05) is 20.8 Å². The molecule has 0 aromatic heterocycles. The number of hydrogen-bond donors (Lipinski definition) is 2. The van der Waals surface area contributed by atoms with Crippen LogP contribution in [0.2, 0.25) is 0 Å². The van der Waals surface area contributed by atoms with E-state index in [9.17, 15) is 14.7 Å². The number of urea groups is 1. The third kappa shape index (κ3) is 4.37. The van der Waals surface area contributed by atoms with E-state index in [2.05, 4.69) is 24.2 Å². The fourth-order valence-corrected chi connectivity index (χ4v) is 2.59. The molecule has 6 nitrogen and oxygen atoms in total. The number of carboxylic acid groups (broad SMARTS) is 1. The van der Waals surface area contributed by atoms with E-state index in [4.69, 9.17) is 0 Å². The Bertz CT molecular complexity index is 347. The molecule has 6 heteroatoms. The lowest BCUT2D eigenvalue weighted by Gasteiger charge is -2.32. The molecule has 20 heavy (non-hydrogen) atoms. The number of likely N-dealkylation sites (N-methyl/N-ethyl adjacent to an activating group) is 1. The maximum absolute atomic E-state index is 12.4. The molecule has 2 atom stereocenters. The van der Waals surface area contributed by atoms with E-state index < -0.39 is 12.0 Å². The van der Waals surface area contributed by atoms with Gasteiger partial charge in [0.05, 0.1) is 0 Å². The third-order valence-electron chi connectivity index (χ3n) is 3.85. The monoisotopic (exact) mass is 285 g/mol. The Labute approximate surface area is 121 Å². The first kappa shape index (κ1) is 16.8. The van der Waals surface area contributed by atoms with Crippen molar-refractivity contribution in [3.05, 3.63) is 0 Å². The van der Waals surface area contributed by atoms with Crippen LogP contribution in [0.25, 0.3) is 0 Å². The van der Waals surface area contributed by atoms with Gasteiger partial charge in [-0.2, -0.15) is 0 Å². The van der Waals surface area contributed by atoms with Crippen molar-refractivity contribution in [2.24, 2.45) is 5.92 Å². The van der Waals surface area contributed by atoms with E-state index >= 15 is 0 Å². The molecule has 2 unspecified atom stereocenters. The molecule has 1 aliphatic heterocycles. The Morgan fingerprint density at radius 1 is 1.35 bits per heavy atom. The quantitative estimate of drug-likeness (QED) is 0.814. The van der Waals surface area contributed by atoms with Gasteiger partial charge in [-0.15, -0.1) is 0 Å². The van der Waals surface area contributed by atoms with Crippen LogP contribution in [0.5, 0.6) is 0 Å². The molecular formula is C14H27N3O3. The summed E-state index contributed by atoms with van der Waals surface area (Å²) < 4.78 is 0. The molecule has 0 aromatic rings. The lowest BCUT2D eigenvalue weighted by molar-refractivity contribution is -0.140. The second-order valence-electron chi connectivity index (χ2n) is 5.88. The van der Waals surface area contributed by atoms with Crippen molar-refractivity contribution >= 4 is 12.0 Å². The summed E-state index contributed by atoms with van der Waals surface area (Å²) >= 11 is 0. The van der Waals surface area contributed by atoms with Crippen molar-refractivity contribution in [3.63, 3.8) is 0 Å². The van der Waals surface area contributed by atoms with Gasteiger partial charge in [0.1, 0.15) is 6.04 Å². The maximum Gasteiger partial charge on any atom is 0.326 e. The summed E-state index contributed by atoms with van der Waals surface area (Å²) in [7, 11) is 2.05. The van der Waals surface area contributed by atoms with Crippen molar-refractivity contribution in [2.75, 3.05) is 26.7 Å². The first-order valence-electron chi connectivity index (χ1n) is 7.35. The number of nitrogens with one attached hydrogen (secondary N) is 1. The van der Waals surface area contributed by atoms with Crippen LogP contribution in [0.1, 0.15) is 33.6 Å². The minimum Gasteiger partial charge on any atom is -0.480 e. The summed E-state index contributed by atoms with van der Waals surface area (Å²) in [5.74, 6) is -1.11. The number of carbonyl (C=O) groups is 2. The number of carboxylic acids is 1. The predicted octanol–water partition coefficient (Wildman–Crippen LogP) is 1.22. The van der Waals surface area contributed by atoms with Gasteiger partial charge < -0.3 is 20.2 Å². The van der Waals surface area contributed by atoms with E-state index in [1.54, 1.807) is 18.7 Å². The van der Waals surface area contributed by atoms with E-state index in [0.29, 0.717) is 6.54 Å². The van der Waals surface area contributed by atoms with E-state index in [0.717, 1.165) is 25.9 Å². The first-order valence-corrected chi connectivity index (χ1v) is 7.35. The van der Waals surface area contributed by atoms with Gasteiger partial charge in [0.15, 0.2) is 0 Å². The Hall–Kier alpha value is -1.30. The number of hydrogen-bond acceptors (Lipinski definition) is 3. The second-order valence-corrected chi connectivity index (χ2v) is 5.88. The van der Waals surface area contributed by atoms with Crippen molar-refractivity contribution in [1.82, 2.24) is 15.1 Å². The number of aliphatic carboxylic acids is 1. The minimum absolute atomic E-state index is 0.133. The molecule has 1 saturated heterocycles. The van der Waals surface area contributed by atoms with Crippen LogP contribution in [0.4, 0.5) is 4.79 Å². The van der Waals surface area contributed by atoms with E-state index in [1.165, 1.54) is 0 Å². The third-order valence-corrected chi connectivity index (χ3v) is 3.85. The topological polar surface area (TPSA) is 72.9 Å². The van der Waals surface area contributed by atoms with Crippen molar-refractivity contribution in [1.29, 1.82) is 0 Å². The zero-order valence-corrected chi connectivity index (χ0v) is 12.9. The van der Waals surface area contributed by atoms with Crippen LogP contribution in [-0.2, 0) is 4.79 Å². The molecule has 0 aliphatic carbocycles. The lowest BCUT2D eigenvalue weighted by Crippen LogP contribution is -2.53. The van der Waals surface area contributed by atoms with Crippen LogP contribution >= 0.6 is 0 Å².